The summed E-state index contributed by atoms with van der Waals surface area (Å²) < 4.78 is 5.34. The van der Waals surface area contributed by atoms with E-state index in [2.05, 4.69) is 6.07 Å². The van der Waals surface area contributed by atoms with Gasteiger partial charge in [0.15, 0.2) is 6.10 Å². The van der Waals surface area contributed by atoms with Gasteiger partial charge in [0, 0.05) is 19.8 Å². The summed E-state index contributed by atoms with van der Waals surface area (Å²) in [4.78, 5) is 14.1. The first-order chi connectivity index (χ1) is 10.2. The van der Waals surface area contributed by atoms with Gasteiger partial charge in [-0.1, -0.05) is 36.4 Å². The predicted octanol–water partition coefficient (Wildman–Crippen LogP) is 2.91. The van der Waals surface area contributed by atoms with Gasteiger partial charge in [0.05, 0.1) is 11.6 Å². The van der Waals surface area contributed by atoms with Crippen molar-refractivity contribution in [3.8, 4) is 6.07 Å². The van der Waals surface area contributed by atoms with Gasteiger partial charge in [-0.05, 0) is 23.8 Å². The molecule has 0 heterocycles. The molecule has 0 aliphatic rings. The number of methoxy groups -OCH3 is 1. The molecule has 1 amide bonds. The number of carbonyl (C=O) groups excluding carboxylic acids is 1. The molecule has 4 nitrogen and oxygen atoms in total. The van der Waals surface area contributed by atoms with Gasteiger partial charge < -0.3 is 9.64 Å². The molecule has 1 atom stereocenters. The van der Waals surface area contributed by atoms with Crippen molar-refractivity contribution in [1.82, 2.24) is 0 Å². The van der Waals surface area contributed by atoms with Crippen molar-refractivity contribution < 1.29 is 9.53 Å². The highest BCUT2D eigenvalue weighted by Crippen LogP contribution is 2.23. The number of carbonyl (C=O) groups is 1. The third kappa shape index (κ3) is 3.28. The molecule has 0 spiro atoms. The Hall–Kier alpha value is -2.64. The van der Waals surface area contributed by atoms with Crippen LogP contribution in [-0.2, 0) is 9.53 Å². The highest BCUT2D eigenvalue weighted by molar-refractivity contribution is 5.96. The summed E-state index contributed by atoms with van der Waals surface area (Å²) in [6.07, 6.45) is -0.665. The van der Waals surface area contributed by atoms with E-state index in [0.29, 0.717) is 11.3 Å². The monoisotopic (exact) mass is 280 g/mol. The number of amides is 1. The van der Waals surface area contributed by atoms with Crippen LogP contribution in [0.1, 0.15) is 17.2 Å². The van der Waals surface area contributed by atoms with Crippen LogP contribution in [0.3, 0.4) is 0 Å². The predicted molar refractivity (Wildman–Crippen MR) is 80.8 cm³/mol. The van der Waals surface area contributed by atoms with Crippen LogP contribution in [0.5, 0.6) is 0 Å². The fourth-order valence-electron chi connectivity index (χ4n) is 2.09. The lowest BCUT2D eigenvalue weighted by atomic mass is 10.1. The largest absolute Gasteiger partial charge is 0.367 e. The third-order valence-corrected chi connectivity index (χ3v) is 3.26. The maximum absolute atomic E-state index is 12.6. The lowest BCUT2D eigenvalue weighted by molar-refractivity contribution is -0.128. The summed E-state index contributed by atoms with van der Waals surface area (Å²) in [7, 11) is 3.18. The highest BCUT2D eigenvalue weighted by Gasteiger charge is 2.24. The summed E-state index contributed by atoms with van der Waals surface area (Å²) in [6.45, 7) is 0. The second-order valence-electron chi connectivity index (χ2n) is 4.59. The second kappa shape index (κ2) is 6.69. The van der Waals surface area contributed by atoms with Gasteiger partial charge in [-0.2, -0.15) is 5.26 Å². The zero-order valence-corrected chi connectivity index (χ0v) is 12.0. The second-order valence-corrected chi connectivity index (χ2v) is 4.59. The van der Waals surface area contributed by atoms with Crippen molar-refractivity contribution in [3.63, 3.8) is 0 Å². The van der Waals surface area contributed by atoms with E-state index < -0.39 is 6.10 Å². The molecule has 2 aromatic carbocycles. The Kier molecular flexibility index (Phi) is 4.70. The topological polar surface area (TPSA) is 53.3 Å². The molecule has 106 valence electrons. The Morgan fingerprint density at radius 3 is 2.52 bits per heavy atom. The van der Waals surface area contributed by atoms with Crippen LogP contribution in [-0.4, -0.2) is 20.1 Å². The van der Waals surface area contributed by atoms with Crippen molar-refractivity contribution in [2.24, 2.45) is 0 Å². The molecule has 2 aromatic rings. The minimum Gasteiger partial charge on any atom is -0.367 e. The molecule has 0 N–H and O–H groups in total. The number of anilines is 1. The highest BCUT2D eigenvalue weighted by atomic mass is 16.5. The standard InChI is InChI=1S/C17H16N2O2/c1-19(15-10-6-7-13(11-15)12-18)17(20)16(21-2)14-8-4-3-5-9-14/h3-11,16H,1-2H3. The van der Waals surface area contributed by atoms with Gasteiger partial charge in [0.2, 0.25) is 0 Å². The average Bonchev–Trinajstić information content (AvgIpc) is 2.55. The number of hydrogen-bond donors (Lipinski definition) is 0. The van der Waals surface area contributed by atoms with Crippen LogP contribution < -0.4 is 4.90 Å². The van der Waals surface area contributed by atoms with Crippen molar-refractivity contribution in [2.75, 3.05) is 19.1 Å². The van der Waals surface area contributed by atoms with Crippen LogP contribution in [0.15, 0.2) is 54.6 Å². The van der Waals surface area contributed by atoms with E-state index in [1.54, 1.807) is 31.3 Å². The zero-order valence-electron chi connectivity index (χ0n) is 12.0. The Morgan fingerprint density at radius 2 is 1.90 bits per heavy atom. The van der Waals surface area contributed by atoms with Crippen LogP contribution in [0, 0.1) is 11.3 Å². The maximum Gasteiger partial charge on any atom is 0.260 e. The Bertz CT molecular complexity index is 662. The number of hydrogen-bond acceptors (Lipinski definition) is 3. The molecule has 2 rings (SSSR count). The van der Waals surface area contributed by atoms with Crippen molar-refractivity contribution in [3.05, 3.63) is 65.7 Å². The number of nitriles is 1. The minimum atomic E-state index is -0.665. The first-order valence-corrected chi connectivity index (χ1v) is 6.53. The van der Waals surface area contributed by atoms with E-state index >= 15 is 0 Å². The molecule has 1 unspecified atom stereocenters. The zero-order chi connectivity index (χ0) is 15.2. The quantitative estimate of drug-likeness (QED) is 0.865. The Labute approximate surface area is 124 Å². The molecule has 0 saturated heterocycles. The molecular weight excluding hydrogens is 264 g/mol. The first kappa shape index (κ1) is 14.8. The molecule has 0 aliphatic heterocycles. The van der Waals surface area contributed by atoms with E-state index in [-0.39, 0.29) is 5.91 Å². The number of likely N-dealkylation sites (N-methyl/N-ethyl adjacent to an activating group) is 1. The summed E-state index contributed by atoms with van der Waals surface area (Å²) in [5.41, 5.74) is 1.98. The minimum absolute atomic E-state index is 0.182. The van der Waals surface area contributed by atoms with E-state index in [4.69, 9.17) is 10.00 Å². The summed E-state index contributed by atoms with van der Waals surface area (Å²) in [5.74, 6) is -0.182. The molecule has 21 heavy (non-hydrogen) atoms. The first-order valence-electron chi connectivity index (χ1n) is 6.53. The van der Waals surface area contributed by atoms with Gasteiger partial charge in [-0.15, -0.1) is 0 Å². The Balaban J connectivity index is 2.27. The molecule has 0 saturated carbocycles. The van der Waals surface area contributed by atoms with Gasteiger partial charge in [0.25, 0.3) is 5.91 Å². The lowest BCUT2D eigenvalue weighted by Crippen LogP contribution is -2.32. The van der Waals surface area contributed by atoms with Crippen LogP contribution >= 0.6 is 0 Å². The normalized spacial score (nSPS) is 11.5. The third-order valence-electron chi connectivity index (χ3n) is 3.26. The summed E-state index contributed by atoms with van der Waals surface area (Å²) >= 11 is 0. The van der Waals surface area contributed by atoms with Gasteiger partial charge in [-0.25, -0.2) is 0 Å². The fourth-order valence-corrected chi connectivity index (χ4v) is 2.09. The van der Waals surface area contributed by atoms with Crippen LogP contribution in [0.4, 0.5) is 5.69 Å². The molecule has 0 bridgehead atoms. The average molecular weight is 280 g/mol. The number of rotatable bonds is 4. The van der Waals surface area contributed by atoms with Gasteiger partial charge in [0.1, 0.15) is 0 Å². The SMILES string of the molecule is COC(C(=O)N(C)c1cccc(C#N)c1)c1ccccc1. The summed E-state index contributed by atoms with van der Waals surface area (Å²) in [5, 5.41) is 8.94. The van der Waals surface area contributed by atoms with Crippen molar-refractivity contribution in [2.45, 2.75) is 6.10 Å². The summed E-state index contributed by atoms with van der Waals surface area (Å²) in [6, 6.07) is 18.3. The van der Waals surface area contributed by atoms with Crippen molar-refractivity contribution >= 4 is 11.6 Å². The fraction of sp³-hybridized carbons (Fsp3) is 0.176. The number of ether oxygens (including phenoxy) is 1. The van der Waals surface area contributed by atoms with E-state index in [0.717, 1.165) is 5.56 Å². The van der Waals surface area contributed by atoms with Crippen LogP contribution in [0.2, 0.25) is 0 Å². The maximum atomic E-state index is 12.6. The molecule has 0 fully saturated rings. The van der Waals surface area contributed by atoms with E-state index in [1.807, 2.05) is 30.3 Å². The van der Waals surface area contributed by atoms with Gasteiger partial charge in [-0.3, -0.25) is 4.79 Å². The molecule has 0 radical (unpaired) electrons. The number of benzene rings is 2. The van der Waals surface area contributed by atoms with E-state index in [9.17, 15) is 4.79 Å². The van der Waals surface area contributed by atoms with E-state index in [1.165, 1.54) is 12.0 Å². The van der Waals surface area contributed by atoms with Crippen LogP contribution in [0.25, 0.3) is 0 Å². The molecular formula is C17H16N2O2. The molecule has 0 aliphatic carbocycles. The molecule has 0 aromatic heterocycles. The van der Waals surface area contributed by atoms with Gasteiger partial charge >= 0.3 is 0 Å². The smallest absolute Gasteiger partial charge is 0.260 e. The number of nitrogens with zero attached hydrogens (tertiary/aromatic N) is 2. The Morgan fingerprint density at radius 1 is 1.19 bits per heavy atom. The van der Waals surface area contributed by atoms with Crippen molar-refractivity contribution in [1.29, 1.82) is 5.26 Å². The molecule has 4 heteroatoms. The lowest BCUT2D eigenvalue weighted by Gasteiger charge is -2.23.